The van der Waals surface area contributed by atoms with Crippen molar-refractivity contribution >= 4 is 29.0 Å². The zero-order valence-electron chi connectivity index (χ0n) is 14.0. The fraction of sp³-hybridized carbons (Fsp3) is 0.167. The lowest BCUT2D eigenvalue weighted by molar-refractivity contribution is -0.118. The first kappa shape index (κ1) is 15.9. The number of amides is 2. The Bertz CT molecular complexity index is 908. The Morgan fingerprint density at radius 2 is 1.92 bits per heavy atom. The lowest BCUT2D eigenvalue weighted by Gasteiger charge is -2.27. The van der Waals surface area contributed by atoms with Crippen molar-refractivity contribution in [1.82, 2.24) is 5.43 Å². The van der Waals surface area contributed by atoms with Gasteiger partial charge in [0, 0.05) is 11.8 Å². The largest absolute Gasteiger partial charge is 0.454 e. The molecule has 0 unspecified atom stereocenters. The molecule has 0 spiro atoms. The molecule has 2 heterocycles. The van der Waals surface area contributed by atoms with Gasteiger partial charge in [-0.2, -0.15) is 0 Å². The number of hydrogen-bond donors (Lipinski definition) is 2. The van der Waals surface area contributed by atoms with Crippen molar-refractivity contribution in [2.75, 3.05) is 23.7 Å². The van der Waals surface area contributed by atoms with E-state index in [1.807, 2.05) is 19.1 Å². The van der Waals surface area contributed by atoms with Crippen LogP contribution < -0.4 is 25.2 Å². The van der Waals surface area contributed by atoms with Gasteiger partial charge in [0.15, 0.2) is 11.5 Å². The van der Waals surface area contributed by atoms with E-state index in [0.717, 1.165) is 5.56 Å². The van der Waals surface area contributed by atoms with Gasteiger partial charge in [-0.1, -0.05) is 17.7 Å². The number of rotatable bonds is 3. The Kier molecular flexibility index (Phi) is 3.92. The van der Waals surface area contributed by atoms with Crippen molar-refractivity contribution < 1.29 is 19.1 Å². The number of anilines is 2. The molecule has 2 amide bonds. The number of carbonyl (C=O) groups excluding carboxylic acids is 2. The van der Waals surface area contributed by atoms with Crippen LogP contribution in [0.3, 0.4) is 0 Å². The topological polar surface area (TPSA) is 92.3 Å². The van der Waals surface area contributed by atoms with Crippen LogP contribution >= 0.6 is 0 Å². The SMILES string of the molecule is Cc1ccc(N2NC(C(=O)Nc3ccc4c(c3)OCO4)=NCC2=O)cc1. The first-order chi connectivity index (χ1) is 12.6. The summed E-state index contributed by atoms with van der Waals surface area (Å²) in [5.74, 6) is 0.565. The van der Waals surface area contributed by atoms with Gasteiger partial charge in [-0.25, -0.2) is 5.01 Å². The summed E-state index contributed by atoms with van der Waals surface area (Å²) in [6.45, 7) is 2.01. The van der Waals surface area contributed by atoms with Crippen LogP contribution in [0.1, 0.15) is 5.56 Å². The average Bonchev–Trinajstić information content (AvgIpc) is 3.10. The van der Waals surface area contributed by atoms with E-state index in [2.05, 4.69) is 15.7 Å². The Labute approximate surface area is 149 Å². The quantitative estimate of drug-likeness (QED) is 0.876. The fourth-order valence-corrected chi connectivity index (χ4v) is 2.61. The Balaban J connectivity index is 1.49. The fourth-order valence-electron chi connectivity index (χ4n) is 2.61. The zero-order chi connectivity index (χ0) is 18.1. The lowest BCUT2D eigenvalue weighted by atomic mass is 10.2. The highest BCUT2D eigenvalue weighted by atomic mass is 16.7. The molecule has 2 N–H and O–H groups in total. The van der Waals surface area contributed by atoms with E-state index < -0.39 is 5.91 Å². The van der Waals surface area contributed by atoms with Crippen LogP contribution in [0.25, 0.3) is 0 Å². The minimum absolute atomic E-state index is 0.0582. The predicted octanol–water partition coefficient (Wildman–Crippen LogP) is 1.61. The number of fused-ring (bicyclic) bond motifs is 1. The molecule has 2 aromatic rings. The highest BCUT2D eigenvalue weighted by Crippen LogP contribution is 2.34. The van der Waals surface area contributed by atoms with Gasteiger partial charge >= 0.3 is 0 Å². The molecule has 2 aliphatic heterocycles. The van der Waals surface area contributed by atoms with E-state index in [1.165, 1.54) is 5.01 Å². The molecule has 0 aliphatic carbocycles. The maximum Gasteiger partial charge on any atom is 0.292 e. The van der Waals surface area contributed by atoms with Crippen molar-refractivity contribution in [3.8, 4) is 11.5 Å². The van der Waals surface area contributed by atoms with Crippen LogP contribution in [-0.4, -0.2) is 31.0 Å². The van der Waals surface area contributed by atoms with Crippen LogP contribution in [0.4, 0.5) is 11.4 Å². The minimum atomic E-state index is -0.450. The van der Waals surface area contributed by atoms with Gasteiger partial charge in [0.2, 0.25) is 12.6 Å². The number of nitrogens with zero attached hydrogens (tertiary/aromatic N) is 2. The molecule has 132 valence electrons. The van der Waals surface area contributed by atoms with Gasteiger partial charge in [0.05, 0.1) is 5.69 Å². The number of ether oxygens (including phenoxy) is 2. The molecule has 8 heteroatoms. The number of nitrogens with one attached hydrogen (secondary N) is 2. The monoisotopic (exact) mass is 352 g/mol. The van der Waals surface area contributed by atoms with E-state index in [4.69, 9.17) is 9.47 Å². The maximum absolute atomic E-state index is 12.5. The zero-order valence-corrected chi connectivity index (χ0v) is 14.0. The summed E-state index contributed by atoms with van der Waals surface area (Å²) in [6, 6.07) is 12.5. The van der Waals surface area contributed by atoms with Crippen molar-refractivity contribution in [1.29, 1.82) is 0 Å². The summed E-state index contributed by atoms with van der Waals surface area (Å²) >= 11 is 0. The molecule has 4 rings (SSSR count). The molecule has 0 radical (unpaired) electrons. The number of amidine groups is 1. The minimum Gasteiger partial charge on any atom is -0.454 e. The van der Waals surface area contributed by atoms with Crippen molar-refractivity contribution in [3.63, 3.8) is 0 Å². The summed E-state index contributed by atoms with van der Waals surface area (Å²) in [7, 11) is 0. The molecule has 2 aliphatic rings. The third kappa shape index (κ3) is 3.04. The van der Waals surface area contributed by atoms with E-state index in [1.54, 1.807) is 30.3 Å². The van der Waals surface area contributed by atoms with Crippen molar-refractivity contribution in [3.05, 3.63) is 48.0 Å². The van der Waals surface area contributed by atoms with Gasteiger partial charge in [0.1, 0.15) is 6.54 Å². The summed E-state index contributed by atoms with van der Waals surface area (Å²) in [5, 5.41) is 4.05. The first-order valence-corrected chi connectivity index (χ1v) is 8.02. The number of aliphatic imine (C=N–C) groups is 1. The molecule has 0 aromatic heterocycles. The van der Waals surface area contributed by atoms with Gasteiger partial charge in [-0.15, -0.1) is 0 Å². The van der Waals surface area contributed by atoms with Crippen LogP contribution in [-0.2, 0) is 9.59 Å². The van der Waals surface area contributed by atoms with Gasteiger partial charge in [-0.05, 0) is 31.2 Å². The number of benzene rings is 2. The smallest absolute Gasteiger partial charge is 0.292 e. The van der Waals surface area contributed by atoms with Crippen LogP contribution in [0.15, 0.2) is 47.5 Å². The second-order valence-electron chi connectivity index (χ2n) is 5.86. The molecule has 0 fully saturated rings. The van der Waals surface area contributed by atoms with Crippen LogP contribution in [0, 0.1) is 6.92 Å². The third-order valence-electron chi connectivity index (χ3n) is 3.98. The highest BCUT2D eigenvalue weighted by molar-refractivity contribution is 6.43. The van der Waals surface area contributed by atoms with Gasteiger partial charge < -0.3 is 14.8 Å². The molecule has 2 aromatic carbocycles. The van der Waals surface area contributed by atoms with E-state index >= 15 is 0 Å². The number of hydrogen-bond acceptors (Lipinski definition) is 6. The normalized spacial score (nSPS) is 15.3. The van der Waals surface area contributed by atoms with Crippen LogP contribution in [0.2, 0.25) is 0 Å². The predicted molar refractivity (Wildman–Crippen MR) is 95.3 cm³/mol. The summed E-state index contributed by atoms with van der Waals surface area (Å²) < 4.78 is 10.5. The maximum atomic E-state index is 12.5. The Hall–Kier alpha value is -3.55. The lowest BCUT2D eigenvalue weighted by Crippen LogP contribution is -2.54. The average molecular weight is 352 g/mol. The molecule has 26 heavy (non-hydrogen) atoms. The first-order valence-electron chi connectivity index (χ1n) is 8.02. The summed E-state index contributed by atoms with van der Waals surface area (Å²) in [5.41, 5.74) is 5.04. The molecule has 0 saturated heterocycles. The number of aryl methyl sites for hydroxylation is 1. The Morgan fingerprint density at radius 1 is 1.15 bits per heavy atom. The second kappa shape index (κ2) is 6.40. The number of carbonyl (C=O) groups is 2. The summed E-state index contributed by atoms with van der Waals surface area (Å²) in [4.78, 5) is 28.6. The molecular weight excluding hydrogens is 336 g/mol. The molecular formula is C18H16N4O4. The highest BCUT2D eigenvalue weighted by Gasteiger charge is 2.26. The van der Waals surface area contributed by atoms with Crippen molar-refractivity contribution in [2.24, 2.45) is 4.99 Å². The van der Waals surface area contributed by atoms with Crippen LogP contribution in [0.5, 0.6) is 11.5 Å². The van der Waals surface area contributed by atoms with E-state index in [9.17, 15) is 9.59 Å². The second-order valence-corrected chi connectivity index (χ2v) is 5.86. The standard InChI is InChI=1S/C18H16N4O4/c1-11-2-5-13(6-3-11)22-16(23)9-19-17(21-22)18(24)20-12-4-7-14-15(8-12)26-10-25-14/h2-8H,9-10H2,1H3,(H,19,21)(H,20,24). The number of hydrazine groups is 1. The van der Waals surface area contributed by atoms with E-state index in [0.29, 0.717) is 22.9 Å². The third-order valence-corrected chi connectivity index (χ3v) is 3.98. The van der Waals surface area contributed by atoms with Crippen molar-refractivity contribution in [2.45, 2.75) is 6.92 Å². The molecule has 0 bridgehead atoms. The van der Waals surface area contributed by atoms with Gasteiger partial charge in [0.25, 0.3) is 11.8 Å². The molecule has 0 saturated carbocycles. The molecule has 0 atom stereocenters. The van der Waals surface area contributed by atoms with Gasteiger partial charge in [-0.3, -0.25) is 20.0 Å². The Morgan fingerprint density at radius 3 is 2.73 bits per heavy atom. The van der Waals surface area contributed by atoms with E-state index in [-0.39, 0.29) is 25.1 Å². The molecule has 8 nitrogen and oxygen atoms in total. The summed E-state index contributed by atoms with van der Waals surface area (Å²) in [6.07, 6.45) is 0.